The molecule has 1 aliphatic rings. The van der Waals surface area contributed by atoms with Crippen LogP contribution >= 0.6 is 0 Å². The summed E-state index contributed by atoms with van der Waals surface area (Å²) in [5, 5.41) is 0.775. The highest BCUT2D eigenvalue weighted by atomic mass is 16.2. The second-order valence-corrected chi connectivity index (χ2v) is 2.62. The van der Waals surface area contributed by atoms with Crippen molar-refractivity contribution in [2.24, 2.45) is 0 Å². The van der Waals surface area contributed by atoms with Crippen LogP contribution < -0.4 is 5.31 Å². The number of hydrogen-bond acceptors (Lipinski definition) is 2. The van der Waals surface area contributed by atoms with Crippen LogP contribution in [-0.2, 0) is 4.79 Å². The van der Waals surface area contributed by atoms with E-state index in [0.717, 1.165) is 5.31 Å². The Morgan fingerprint density at radius 3 is 2.92 bits per heavy atom. The van der Waals surface area contributed by atoms with Crippen molar-refractivity contribution in [2.45, 2.75) is 6.42 Å². The lowest BCUT2D eigenvalue weighted by Gasteiger charge is -2.14. The van der Waals surface area contributed by atoms with Crippen LogP contribution in [0.25, 0.3) is 0 Å². The van der Waals surface area contributed by atoms with Gasteiger partial charge in [0.2, 0.25) is 5.91 Å². The topological polar surface area (TPSA) is 46.2 Å². The summed E-state index contributed by atoms with van der Waals surface area (Å²) in [5.74, 6) is -0.673. The van der Waals surface area contributed by atoms with E-state index in [2.05, 4.69) is 0 Å². The molecule has 1 N–H and O–H groups in total. The summed E-state index contributed by atoms with van der Waals surface area (Å²) in [5.41, 5.74) is 0.834. The summed E-state index contributed by atoms with van der Waals surface area (Å²) >= 11 is 0. The molecule has 1 aromatic carbocycles. The molecular weight excluding hydrogens is 154 g/mol. The van der Waals surface area contributed by atoms with Crippen LogP contribution in [0.3, 0.4) is 0 Å². The summed E-state index contributed by atoms with van der Waals surface area (Å²) in [6, 6.07) is 6.65. The van der Waals surface area contributed by atoms with Gasteiger partial charge in [0.25, 0.3) is 0 Å². The monoisotopic (exact) mass is 163 g/mol. The second-order valence-electron chi connectivity index (χ2n) is 2.62. The molecule has 60 valence electrons. The molecule has 3 heteroatoms. The predicted octanol–water partition coefficient (Wildman–Crippen LogP) is 1.21. The minimum atomic E-state index is -0.469. The van der Waals surface area contributed by atoms with Gasteiger partial charge in [-0.25, -0.2) is 0 Å². The molecule has 0 aromatic heterocycles. The molecule has 0 saturated carbocycles. The lowest BCUT2D eigenvalue weighted by molar-refractivity contribution is -0.115. The molecule has 1 aliphatic heterocycles. The maximum Gasteiger partial charge on any atom is 0.232 e. The first kappa shape index (κ1) is 5.94. The molecule has 1 aromatic rings. The summed E-state index contributed by atoms with van der Waals surface area (Å²) in [6.45, 7) is 0. The average molecular weight is 163 g/mol. The van der Waals surface area contributed by atoms with Gasteiger partial charge in [-0.1, -0.05) is 12.1 Å². The number of carbonyl (C=O) groups is 2. The van der Waals surface area contributed by atoms with Crippen molar-refractivity contribution < 1.29 is 11.0 Å². The Balaban J connectivity index is 2.60. The highest BCUT2D eigenvalue weighted by Gasteiger charge is 2.21. The van der Waals surface area contributed by atoms with Crippen molar-refractivity contribution in [3.05, 3.63) is 29.8 Å². The normalized spacial score (nSPS) is 17.3. The maximum atomic E-state index is 11.3. The molecule has 1 amide bonds. The zero-order valence-electron chi connectivity index (χ0n) is 7.28. The Bertz CT molecular complexity index is 389. The molecule has 0 atom stereocenters. The molecule has 0 spiro atoms. The Hall–Kier alpha value is -1.64. The quantitative estimate of drug-likeness (QED) is 0.584. The molecule has 0 bridgehead atoms. The van der Waals surface area contributed by atoms with Gasteiger partial charge < -0.3 is 5.31 Å². The van der Waals surface area contributed by atoms with Crippen LogP contribution in [0.5, 0.6) is 0 Å². The first-order chi connectivity index (χ1) is 6.20. The third-order valence-corrected chi connectivity index (χ3v) is 1.76. The fourth-order valence-electron chi connectivity index (χ4n) is 1.21. The highest BCUT2D eigenvalue weighted by molar-refractivity contribution is 6.18. The van der Waals surface area contributed by atoms with Crippen LogP contribution in [-0.4, -0.2) is 11.7 Å². The van der Waals surface area contributed by atoms with E-state index >= 15 is 0 Å². The predicted molar refractivity (Wildman–Crippen MR) is 44.0 cm³/mol. The lowest BCUT2D eigenvalue weighted by atomic mass is 10.0. The van der Waals surface area contributed by atoms with Crippen LogP contribution in [0, 0.1) is 0 Å². The molecule has 0 aliphatic carbocycles. The first-order valence-corrected chi connectivity index (χ1v) is 3.64. The van der Waals surface area contributed by atoms with Crippen molar-refractivity contribution in [1.29, 1.82) is 0 Å². The molecule has 0 fully saturated rings. The van der Waals surface area contributed by atoms with E-state index in [0.29, 0.717) is 11.3 Å². The standard InChI is InChI=1S/C9H7NO2/c11-8-5-9(12)10-7-4-2-1-3-6(7)8/h1-4H,5H2,(H,10,12)/i/hT. The Morgan fingerprint density at radius 2 is 2.08 bits per heavy atom. The maximum absolute atomic E-state index is 11.3. The van der Waals surface area contributed by atoms with Gasteiger partial charge in [-0.2, -0.15) is 0 Å². The van der Waals surface area contributed by atoms with Crippen LogP contribution in [0.2, 0.25) is 1.41 Å². The van der Waals surface area contributed by atoms with Crippen molar-refractivity contribution in [2.75, 3.05) is 5.31 Å². The SMILES string of the molecule is [3H]N1C(=O)CC(=O)c2ccccc21. The smallest absolute Gasteiger partial charge is 0.232 e. The van der Waals surface area contributed by atoms with Crippen molar-refractivity contribution in [3.63, 3.8) is 0 Å². The third-order valence-electron chi connectivity index (χ3n) is 1.76. The van der Waals surface area contributed by atoms with Crippen LogP contribution in [0.4, 0.5) is 5.69 Å². The number of ketones is 1. The minimum absolute atomic E-state index is 0.194. The summed E-state index contributed by atoms with van der Waals surface area (Å²) in [6.07, 6.45) is -0.194. The average Bonchev–Trinajstić information content (AvgIpc) is 2.15. The van der Waals surface area contributed by atoms with Gasteiger partial charge >= 0.3 is 0 Å². The van der Waals surface area contributed by atoms with E-state index in [9.17, 15) is 9.59 Å². The molecule has 12 heavy (non-hydrogen) atoms. The van der Waals surface area contributed by atoms with E-state index < -0.39 is 5.91 Å². The second kappa shape index (κ2) is 2.44. The number of hydrogen-bond donors (Lipinski definition) is 1. The fourth-order valence-corrected chi connectivity index (χ4v) is 1.21. The molecule has 0 unspecified atom stereocenters. The third kappa shape index (κ3) is 0.993. The number of rotatable bonds is 0. The van der Waals surface area contributed by atoms with E-state index in [4.69, 9.17) is 1.41 Å². The fraction of sp³-hybridized carbons (Fsp3) is 0.111. The van der Waals surface area contributed by atoms with E-state index in [1.54, 1.807) is 24.3 Å². The molecule has 2 rings (SSSR count). The zero-order chi connectivity index (χ0) is 9.42. The van der Waals surface area contributed by atoms with Crippen molar-refractivity contribution in [1.82, 2.24) is 0 Å². The number of nitrogens with one attached hydrogen (secondary N) is 1. The largest absolute Gasteiger partial charge is 0.325 e. The van der Waals surface area contributed by atoms with Gasteiger partial charge in [-0.05, 0) is 12.1 Å². The van der Waals surface area contributed by atoms with Crippen molar-refractivity contribution >= 4 is 17.4 Å². The minimum Gasteiger partial charge on any atom is -0.325 e. The number of amides is 1. The molecular formula is C9H7NO2. The van der Waals surface area contributed by atoms with E-state index in [-0.39, 0.29) is 12.2 Å². The first-order valence-electron chi connectivity index (χ1n) is 4.09. The van der Waals surface area contributed by atoms with Crippen LogP contribution in [0.1, 0.15) is 16.8 Å². The zero-order valence-corrected chi connectivity index (χ0v) is 6.28. The lowest BCUT2D eigenvalue weighted by Crippen LogP contribution is -2.23. The van der Waals surface area contributed by atoms with Crippen LogP contribution in [0.15, 0.2) is 24.3 Å². The van der Waals surface area contributed by atoms with Gasteiger partial charge in [0.1, 0.15) is 0 Å². The molecule has 0 saturated heterocycles. The molecule has 3 nitrogen and oxygen atoms in total. The van der Waals surface area contributed by atoms with Gasteiger partial charge in [-0.3, -0.25) is 9.59 Å². The molecule has 0 radical (unpaired) electrons. The van der Waals surface area contributed by atoms with E-state index in [1.807, 2.05) is 0 Å². The van der Waals surface area contributed by atoms with Gasteiger partial charge in [-0.15, -0.1) is 0 Å². The number of Topliss-reactive ketones (excluding diaryl/α,β-unsaturated/α-hetero) is 1. The number of anilines is 1. The summed E-state index contributed by atoms with van der Waals surface area (Å²) in [7, 11) is 0. The Kier molecular flexibility index (Phi) is 1.21. The van der Waals surface area contributed by atoms with E-state index in [1.165, 1.54) is 0 Å². The van der Waals surface area contributed by atoms with Gasteiger partial charge in [0, 0.05) is 5.56 Å². The number of fused-ring (bicyclic) bond motifs is 1. The van der Waals surface area contributed by atoms with Gasteiger partial charge in [0.05, 0.1) is 12.1 Å². The number of carbonyl (C=O) groups excluding carboxylic acids is 2. The summed E-state index contributed by atoms with van der Waals surface area (Å²) in [4.78, 5) is 22.4. The molecule has 1 heterocycles. The number of benzene rings is 1. The van der Waals surface area contributed by atoms with Crippen molar-refractivity contribution in [3.8, 4) is 0 Å². The summed E-state index contributed by atoms with van der Waals surface area (Å²) < 4.78 is 7.38. The Morgan fingerprint density at radius 1 is 1.33 bits per heavy atom. The highest BCUT2D eigenvalue weighted by Crippen LogP contribution is 2.21. The Labute approximate surface area is 70.9 Å². The number of para-hydroxylation sites is 1. The van der Waals surface area contributed by atoms with Gasteiger partial charge in [0.15, 0.2) is 7.20 Å².